The fraction of sp³-hybridized carbons (Fsp3) is 0.520. The Morgan fingerprint density at radius 1 is 1.06 bits per heavy atom. The summed E-state index contributed by atoms with van der Waals surface area (Å²) in [5.41, 5.74) is -0.623. The number of aromatic nitrogens is 1. The number of halogens is 5. The van der Waals surface area contributed by atoms with E-state index in [1.165, 1.54) is 31.2 Å². The lowest BCUT2D eigenvalue weighted by atomic mass is 9.81. The number of pyridine rings is 1. The van der Waals surface area contributed by atoms with E-state index in [4.69, 9.17) is 0 Å². The Morgan fingerprint density at radius 3 is 2.37 bits per heavy atom. The highest BCUT2D eigenvalue weighted by Crippen LogP contribution is 2.39. The van der Waals surface area contributed by atoms with Crippen LogP contribution in [0.25, 0.3) is 0 Å². The second kappa shape index (κ2) is 10.7. The van der Waals surface area contributed by atoms with E-state index < -0.39 is 39.3 Å². The molecule has 2 aromatic rings. The molecule has 10 heteroatoms. The topological polar surface area (TPSA) is 64.1 Å². The zero-order chi connectivity index (χ0) is 25.9. The highest BCUT2D eigenvalue weighted by atomic mass is 32.2. The highest BCUT2D eigenvalue weighted by molar-refractivity contribution is 7.92. The van der Waals surface area contributed by atoms with Crippen molar-refractivity contribution in [3.63, 3.8) is 0 Å². The molecular formula is C25H28F5NO3S. The molecule has 1 aromatic heterocycles. The number of Topliss-reactive ketones (excluding diaryl/α,β-unsaturated/α-hetero) is 1. The van der Waals surface area contributed by atoms with Gasteiger partial charge in [0.25, 0.3) is 5.92 Å². The van der Waals surface area contributed by atoms with Crippen molar-refractivity contribution in [3.8, 4) is 0 Å². The van der Waals surface area contributed by atoms with Crippen LogP contribution in [0, 0.1) is 5.92 Å². The molecule has 4 nitrogen and oxygen atoms in total. The van der Waals surface area contributed by atoms with Crippen LogP contribution in [0.1, 0.15) is 73.5 Å². The molecule has 0 spiro atoms. The molecule has 1 aliphatic rings. The molecule has 35 heavy (non-hydrogen) atoms. The summed E-state index contributed by atoms with van der Waals surface area (Å²) >= 11 is 0. The summed E-state index contributed by atoms with van der Waals surface area (Å²) in [6, 6.07) is 7.69. The van der Waals surface area contributed by atoms with Crippen LogP contribution in [0.2, 0.25) is 0 Å². The van der Waals surface area contributed by atoms with Gasteiger partial charge in [-0.05, 0) is 55.0 Å². The summed E-state index contributed by atoms with van der Waals surface area (Å²) in [5.74, 6) is -2.96. The first-order valence-corrected chi connectivity index (χ1v) is 13.1. The maximum absolute atomic E-state index is 13.7. The largest absolute Gasteiger partial charge is 0.433 e. The molecule has 0 bridgehead atoms. The van der Waals surface area contributed by atoms with Crippen molar-refractivity contribution in [2.75, 3.05) is 0 Å². The van der Waals surface area contributed by atoms with Crippen LogP contribution < -0.4 is 0 Å². The standard InChI is InChI=1S/C25H28F5NO3S/c1-2-24(26,27)15-18-7-5-8-20(14-18)35(33,34)21-12-17(13-21)6-3-4-9-22(32)19-10-11-23(31-16-19)25(28,29)30/h5,7-8,10-11,14,16-17,21H,2-4,6,9,12-13,15H2,1H3. The van der Waals surface area contributed by atoms with E-state index in [0.717, 1.165) is 24.8 Å². The van der Waals surface area contributed by atoms with Crippen molar-refractivity contribution in [3.05, 3.63) is 59.4 Å². The van der Waals surface area contributed by atoms with Gasteiger partial charge < -0.3 is 0 Å². The van der Waals surface area contributed by atoms with E-state index in [1.807, 2.05) is 0 Å². The Bertz CT molecular complexity index is 1120. The summed E-state index contributed by atoms with van der Waals surface area (Å²) < 4.78 is 90.9. The number of alkyl halides is 5. The minimum atomic E-state index is -4.55. The number of nitrogens with zero attached hydrogens (tertiary/aromatic N) is 1. The van der Waals surface area contributed by atoms with Crippen molar-refractivity contribution in [2.24, 2.45) is 5.92 Å². The van der Waals surface area contributed by atoms with Gasteiger partial charge in [-0.1, -0.05) is 31.9 Å². The second-order valence-electron chi connectivity index (χ2n) is 9.14. The molecule has 1 heterocycles. The molecule has 0 amide bonds. The Balaban J connectivity index is 1.43. The van der Waals surface area contributed by atoms with E-state index in [1.54, 1.807) is 0 Å². The summed E-state index contributed by atoms with van der Waals surface area (Å²) in [5, 5.41) is -0.547. The lowest BCUT2D eigenvalue weighted by Gasteiger charge is -2.35. The SMILES string of the molecule is CCC(F)(F)Cc1cccc(S(=O)(=O)C2CC(CCCCC(=O)c3ccc(C(F)(F)F)nc3)C2)c1. The molecule has 1 aromatic carbocycles. The van der Waals surface area contributed by atoms with Gasteiger partial charge in [-0.15, -0.1) is 0 Å². The van der Waals surface area contributed by atoms with Crippen LogP contribution in [-0.4, -0.2) is 30.4 Å². The monoisotopic (exact) mass is 517 g/mol. The van der Waals surface area contributed by atoms with Crippen LogP contribution >= 0.6 is 0 Å². The van der Waals surface area contributed by atoms with Gasteiger partial charge in [-0.2, -0.15) is 13.2 Å². The van der Waals surface area contributed by atoms with Crippen molar-refractivity contribution >= 4 is 15.6 Å². The zero-order valence-electron chi connectivity index (χ0n) is 19.3. The van der Waals surface area contributed by atoms with E-state index >= 15 is 0 Å². The number of benzene rings is 1. The first-order chi connectivity index (χ1) is 16.3. The number of hydrogen-bond donors (Lipinski definition) is 0. The highest BCUT2D eigenvalue weighted by Gasteiger charge is 2.39. The molecule has 0 atom stereocenters. The average molecular weight is 518 g/mol. The van der Waals surface area contributed by atoms with Crippen molar-refractivity contribution in [1.82, 2.24) is 4.98 Å². The van der Waals surface area contributed by atoms with Gasteiger partial charge >= 0.3 is 6.18 Å². The zero-order valence-corrected chi connectivity index (χ0v) is 20.1. The van der Waals surface area contributed by atoms with E-state index in [0.29, 0.717) is 31.2 Å². The van der Waals surface area contributed by atoms with Gasteiger partial charge in [-0.3, -0.25) is 9.78 Å². The van der Waals surface area contributed by atoms with Crippen molar-refractivity contribution in [2.45, 2.75) is 80.5 Å². The number of carbonyl (C=O) groups is 1. The third-order valence-electron chi connectivity index (χ3n) is 6.48. The third kappa shape index (κ3) is 7.08. The first-order valence-electron chi connectivity index (χ1n) is 11.6. The molecule has 192 valence electrons. The minimum absolute atomic E-state index is 0.0705. The number of rotatable bonds is 11. The van der Waals surface area contributed by atoms with E-state index in [2.05, 4.69) is 4.98 Å². The number of unbranched alkanes of at least 4 members (excludes halogenated alkanes) is 1. The molecule has 1 saturated carbocycles. The molecule has 1 fully saturated rings. The van der Waals surface area contributed by atoms with Crippen LogP contribution in [0.4, 0.5) is 22.0 Å². The summed E-state index contributed by atoms with van der Waals surface area (Å²) in [6.45, 7) is 1.39. The average Bonchev–Trinajstić information content (AvgIpc) is 2.76. The van der Waals surface area contributed by atoms with Gasteiger partial charge in [-0.25, -0.2) is 17.2 Å². The molecule has 1 aliphatic carbocycles. The van der Waals surface area contributed by atoms with E-state index in [-0.39, 0.29) is 35.0 Å². The van der Waals surface area contributed by atoms with E-state index in [9.17, 15) is 35.2 Å². The number of hydrogen-bond acceptors (Lipinski definition) is 4. The first kappa shape index (κ1) is 27.2. The molecule has 3 rings (SSSR count). The Kier molecular flexibility index (Phi) is 8.34. The third-order valence-corrected chi connectivity index (χ3v) is 8.65. The maximum atomic E-state index is 13.7. The lowest BCUT2D eigenvalue weighted by molar-refractivity contribution is -0.141. The predicted octanol–water partition coefficient (Wildman–Crippen LogP) is 6.68. The van der Waals surface area contributed by atoms with Crippen LogP contribution in [-0.2, 0) is 22.4 Å². The second-order valence-corrected chi connectivity index (χ2v) is 11.4. The van der Waals surface area contributed by atoms with Gasteiger partial charge in [0, 0.05) is 31.0 Å². The van der Waals surface area contributed by atoms with Crippen LogP contribution in [0.15, 0.2) is 47.5 Å². The summed E-state index contributed by atoms with van der Waals surface area (Å²) in [7, 11) is -3.60. The van der Waals surface area contributed by atoms with Crippen LogP contribution in [0.3, 0.4) is 0 Å². The van der Waals surface area contributed by atoms with Gasteiger partial charge in [0.15, 0.2) is 15.6 Å². The molecule has 0 N–H and O–H groups in total. The fourth-order valence-electron chi connectivity index (χ4n) is 4.20. The quantitative estimate of drug-likeness (QED) is 0.189. The minimum Gasteiger partial charge on any atom is -0.294 e. The summed E-state index contributed by atoms with van der Waals surface area (Å²) in [6.07, 6.45) is -1.32. The number of carbonyl (C=O) groups excluding carboxylic acids is 1. The number of sulfone groups is 1. The molecule has 0 aliphatic heterocycles. The van der Waals surface area contributed by atoms with Gasteiger partial charge in [0.2, 0.25) is 0 Å². The van der Waals surface area contributed by atoms with Crippen molar-refractivity contribution in [1.29, 1.82) is 0 Å². The Labute approximate surface area is 201 Å². The normalized spacial score (nSPS) is 18.8. The molecule has 0 saturated heterocycles. The molecular weight excluding hydrogens is 489 g/mol. The molecule has 0 unspecified atom stereocenters. The Hall–Kier alpha value is -2.36. The molecule has 0 radical (unpaired) electrons. The van der Waals surface area contributed by atoms with Gasteiger partial charge in [0.05, 0.1) is 10.1 Å². The number of ketones is 1. The van der Waals surface area contributed by atoms with Crippen molar-refractivity contribution < 1.29 is 35.2 Å². The fourth-order valence-corrected chi connectivity index (χ4v) is 6.22. The smallest absolute Gasteiger partial charge is 0.294 e. The maximum Gasteiger partial charge on any atom is 0.433 e. The lowest BCUT2D eigenvalue weighted by Crippen LogP contribution is -2.36. The predicted molar refractivity (Wildman–Crippen MR) is 121 cm³/mol. The summed E-state index contributed by atoms with van der Waals surface area (Å²) in [4.78, 5) is 15.5. The van der Waals surface area contributed by atoms with Crippen LogP contribution in [0.5, 0.6) is 0 Å². The van der Waals surface area contributed by atoms with Gasteiger partial charge in [0.1, 0.15) is 5.69 Å². The Morgan fingerprint density at radius 2 is 1.77 bits per heavy atom.